The Morgan fingerprint density at radius 3 is 1.75 bits per heavy atom. The second-order valence-corrected chi connectivity index (χ2v) is 14.5. The van der Waals surface area contributed by atoms with E-state index in [0.717, 1.165) is 65.0 Å². The predicted molar refractivity (Wildman–Crippen MR) is 189 cm³/mol. The van der Waals surface area contributed by atoms with Gasteiger partial charge in [0.1, 0.15) is 17.0 Å². The van der Waals surface area contributed by atoms with Gasteiger partial charge in [-0.25, -0.2) is 9.59 Å². The van der Waals surface area contributed by atoms with Gasteiger partial charge >= 0.3 is 12.2 Å². The van der Waals surface area contributed by atoms with Gasteiger partial charge < -0.3 is 35.2 Å². The lowest BCUT2D eigenvalue weighted by Gasteiger charge is -2.41. The van der Waals surface area contributed by atoms with E-state index < -0.39 is 17.3 Å². The topological polar surface area (TPSA) is 115 Å². The molecule has 0 spiro atoms. The summed E-state index contributed by atoms with van der Waals surface area (Å²) >= 11 is 0. The molecule has 2 amide bonds. The molecule has 3 atom stereocenters. The minimum atomic E-state index is -0.483. The number of nitrogens with one attached hydrogen (secondary N) is 3. The van der Waals surface area contributed by atoms with Crippen LogP contribution < -0.4 is 16.0 Å². The third-order valence-corrected chi connectivity index (χ3v) is 7.97. The van der Waals surface area contributed by atoms with Crippen LogP contribution >= 0.6 is 24.0 Å². The number of likely N-dealkylation sites (N-methyl/N-ethyl adjacent to an activating group) is 2. The van der Waals surface area contributed by atoms with Gasteiger partial charge in [0.05, 0.1) is 0 Å². The van der Waals surface area contributed by atoms with E-state index in [4.69, 9.17) is 9.47 Å². The molecule has 0 radical (unpaired) electrons. The molecule has 0 aromatic carbocycles. The number of rotatable bonds is 3. The first-order chi connectivity index (χ1) is 20.1. The fourth-order valence-electron chi connectivity index (χ4n) is 5.69. The van der Waals surface area contributed by atoms with Crippen molar-refractivity contribution in [3.05, 3.63) is 0 Å². The minimum absolute atomic E-state index is 0. The Bertz CT molecular complexity index is 858. The van der Waals surface area contributed by atoms with Crippen molar-refractivity contribution in [1.29, 1.82) is 0 Å². The first kappa shape index (κ1) is 40.8. The van der Waals surface area contributed by atoms with Crippen molar-refractivity contribution >= 4 is 41.9 Å². The normalized spacial score (nSPS) is 25.5. The number of carbonyl (C=O) groups is 3. The number of piperazine rings is 2. The van der Waals surface area contributed by atoms with Crippen LogP contribution in [0.15, 0.2) is 0 Å². The van der Waals surface area contributed by atoms with Crippen molar-refractivity contribution in [3.8, 4) is 0 Å². The largest absolute Gasteiger partial charge is 0.444 e. The molecule has 4 aliphatic rings. The van der Waals surface area contributed by atoms with Crippen molar-refractivity contribution in [2.45, 2.75) is 122 Å². The summed E-state index contributed by atoms with van der Waals surface area (Å²) in [7, 11) is 4.34. The number of hydrogen-bond acceptors (Lipinski definition) is 9. The zero-order chi connectivity index (χ0) is 32.0. The molecule has 12 heteroatoms. The number of ketones is 1. The molecule has 2 heterocycles. The number of amides is 2. The first-order valence-electron chi connectivity index (χ1n) is 16.4. The van der Waals surface area contributed by atoms with Crippen molar-refractivity contribution in [2.75, 3.05) is 66.5 Å². The molecule has 4 rings (SSSR count). The Labute approximate surface area is 285 Å². The molecule has 3 N–H and O–H groups in total. The molecule has 2 aliphatic heterocycles. The van der Waals surface area contributed by atoms with Crippen molar-refractivity contribution in [3.63, 3.8) is 0 Å². The second kappa shape index (κ2) is 20.1. The van der Waals surface area contributed by atoms with Gasteiger partial charge in [0, 0.05) is 84.8 Å². The molecule has 0 bridgehead atoms. The van der Waals surface area contributed by atoms with Crippen molar-refractivity contribution in [2.24, 2.45) is 0 Å². The monoisotopic (exact) mass is 740 g/mol. The Hall–Kier alpha value is -1.22. The zero-order valence-electron chi connectivity index (χ0n) is 28.8. The number of nitrogens with zero attached hydrogens (tertiary/aromatic N) is 3. The summed E-state index contributed by atoms with van der Waals surface area (Å²) in [5, 5.41) is 9.05. The molecule has 0 aromatic rings. The van der Waals surface area contributed by atoms with Crippen LogP contribution in [-0.4, -0.2) is 128 Å². The fraction of sp³-hybridized carbons (Fsp3) is 0.906. The number of halogens is 1. The summed E-state index contributed by atoms with van der Waals surface area (Å²) in [5.41, 5.74) is -0.904. The standard InChI is InChI=1S/C16H31N3O2.C11H19NO3.C5H12N2.HI.H2/c1-16(2,3)21-15(20)17-13-6-5-7-14(12-13)19-10-8-18(4)9-11-19;1-11(2,3)15-10(14)12-8-5-4-6-9(13)7-8;1-7-4-2-6-3-5-7;;/h13-14H,5-12H2,1-4H3,(H,17,20);8H,4-7H2,1-3H3,(H,12,14);6H,2-5H2,1H3;2*1H. The van der Waals surface area contributed by atoms with E-state index in [-0.39, 0.29) is 49.4 Å². The van der Waals surface area contributed by atoms with E-state index in [0.29, 0.717) is 18.9 Å². The number of Topliss-reactive ketones (excluding diaryl/α,β-unsaturated/α-hetero) is 1. The maximum absolute atomic E-state index is 11.9. The smallest absolute Gasteiger partial charge is 0.407 e. The molecule has 4 fully saturated rings. The highest BCUT2D eigenvalue weighted by molar-refractivity contribution is 14.0. The van der Waals surface area contributed by atoms with E-state index in [9.17, 15) is 14.4 Å². The zero-order valence-corrected chi connectivity index (χ0v) is 31.2. The first-order valence-corrected chi connectivity index (χ1v) is 16.4. The van der Waals surface area contributed by atoms with Crippen molar-refractivity contribution < 1.29 is 25.3 Å². The van der Waals surface area contributed by atoms with Crippen LogP contribution in [0.25, 0.3) is 0 Å². The maximum Gasteiger partial charge on any atom is 0.407 e. The lowest BCUT2D eigenvalue weighted by Crippen LogP contribution is -2.52. The van der Waals surface area contributed by atoms with E-state index in [2.05, 4.69) is 44.7 Å². The van der Waals surface area contributed by atoms with Gasteiger partial charge in [0.2, 0.25) is 0 Å². The highest BCUT2D eigenvalue weighted by atomic mass is 127. The minimum Gasteiger partial charge on any atom is -0.444 e. The summed E-state index contributed by atoms with van der Waals surface area (Å²) in [4.78, 5) is 41.8. The Morgan fingerprint density at radius 2 is 1.27 bits per heavy atom. The van der Waals surface area contributed by atoms with Crippen LogP contribution in [0.2, 0.25) is 0 Å². The summed E-state index contributed by atoms with van der Waals surface area (Å²) in [6.07, 6.45) is 6.70. The SMILES string of the molecule is CC(C)(C)OC(=O)NC1CCCC(=O)C1.CN1CCN(C2CCCC(NC(=O)OC(C)(C)C)C2)CC1.CN1CCNCC1.I.[HH]. The van der Waals surface area contributed by atoms with E-state index in [1.807, 2.05) is 41.5 Å². The van der Waals surface area contributed by atoms with E-state index >= 15 is 0 Å². The van der Waals surface area contributed by atoms with Gasteiger partial charge in [-0.05, 0) is 94.2 Å². The quantitative estimate of drug-likeness (QED) is 0.361. The maximum atomic E-state index is 11.9. The molecule has 44 heavy (non-hydrogen) atoms. The third-order valence-electron chi connectivity index (χ3n) is 7.97. The van der Waals surface area contributed by atoms with Crippen LogP contribution in [0, 0.1) is 0 Å². The molecule has 3 unspecified atom stereocenters. The van der Waals surface area contributed by atoms with Gasteiger partial charge in [-0.2, -0.15) is 0 Å². The van der Waals surface area contributed by atoms with Gasteiger partial charge in [0.25, 0.3) is 0 Å². The number of ether oxygens (including phenoxy) is 2. The summed E-state index contributed by atoms with van der Waals surface area (Å²) < 4.78 is 10.5. The van der Waals surface area contributed by atoms with Crippen molar-refractivity contribution in [1.82, 2.24) is 30.7 Å². The van der Waals surface area contributed by atoms with Gasteiger partial charge in [0.15, 0.2) is 0 Å². The molecule has 2 saturated heterocycles. The Kier molecular flexibility index (Phi) is 18.6. The predicted octanol–water partition coefficient (Wildman–Crippen LogP) is 4.48. The van der Waals surface area contributed by atoms with Crippen LogP contribution in [-0.2, 0) is 14.3 Å². The number of hydrogen-bond donors (Lipinski definition) is 3. The summed E-state index contributed by atoms with van der Waals surface area (Å²) in [6.45, 7) is 20.5. The lowest BCUT2D eigenvalue weighted by molar-refractivity contribution is -0.120. The third kappa shape index (κ3) is 18.7. The Balaban J connectivity index is 0.000000704. The molecule has 2 aliphatic carbocycles. The van der Waals surface area contributed by atoms with E-state index in [1.165, 1.54) is 25.9 Å². The molecule has 2 saturated carbocycles. The van der Waals surface area contributed by atoms with Crippen LogP contribution in [0.1, 0.15) is 94.3 Å². The molecule has 11 nitrogen and oxygen atoms in total. The Morgan fingerprint density at radius 1 is 0.773 bits per heavy atom. The van der Waals surface area contributed by atoms with Gasteiger partial charge in [-0.15, -0.1) is 24.0 Å². The highest BCUT2D eigenvalue weighted by Crippen LogP contribution is 2.24. The summed E-state index contributed by atoms with van der Waals surface area (Å²) in [5.74, 6) is 0.224. The molecular weight excluding hydrogens is 675 g/mol. The highest BCUT2D eigenvalue weighted by Gasteiger charge is 2.30. The lowest BCUT2D eigenvalue weighted by atomic mass is 9.89. The fourth-order valence-corrected chi connectivity index (χ4v) is 5.69. The average molecular weight is 741 g/mol. The van der Waals surface area contributed by atoms with Gasteiger partial charge in [-0.1, -0.05) is 0 Å². The number of carbonyl (C=O) groups excluding carboxylic acids is 3. The summed E-state index contributed by atoms with van der Waals surface area (Å²) in [6, 6.07) is 0.840. The average Bonchev–Trinajstić information content (AvgIpc) is 2.88. The molecule has 0 aromatic heterocycles. The van der Waals surface area contributed by atoms with E-state index in [1.54, 1.807) is 0 Å². The molecular formula is C32H65IN6O5. The molecule has 260 valence electrons. The van der Waals surface area contributed by atoms with Crippen LogP contribution in [0.4, 0.5) is 9.59 Å². The van der Waals surface area contributed by atoms with Crippen LogP contribution in [0.5, 0.6) is 0 Å². The second-order valence-electron chi connectivity index (χ2n) is 14.5. The van der Waals surface area contributed by atoms with Crippen LogP contribution in [0.3, 0.4) is 0 Å². The number of alkyl carbamates (subject to hydrolysis) is 2. The van der Waals surface area contributed by atoms with Gasteiger partial charge in [-0.3, -0.25) is 9.69 Å².